The van der Waals surface area contributed by atoms with E-state index in [0.29, 0.717) is 5.82 Å². The Bertz CT molecular complexity index is 362. The van der Waals surface area contributed by atoms with Gasteiger partial charge in [-0.25, -0.2) is 0 Å². The van der Waals surface area contributed by atoms with Crippen LogP contribution in [0.25, 0.3) is 0 Å². The molecule has 7 heteroatoms. The van der Waals surface area contributed by atoms with Crippen LogP contribution in [0.2, 0.25) is 10.4 Å². The van der Waals surface area contributed by atoms with E-state index < -0.39 is 0 Å². The van der Waals surface area contributed by atoms with Gasteiger partial charge in [0.25, 0.3) is 0 Å². The Morgan fingerprint density at radius 1 is 1.40 bits per heavy atom. The summed E-state index contributed by atoms with van der Waals surface area (Å²) in [5.74, 6) is 0.580. The van der Waals surface area contributed by atoms with Crippen LogP contribution >= 0.6 is 23.2 Å². The first-order valence-electron chi connectivity index (χ1n) is 4.54. The molecule has 82 valence electrons. The maximum absolute atomic E-state index is 5.89. The van der Waals surface area contributed by atoms with E-state index in [9.17, 15) is 0 Å². The molecule has 0 saturated carbocycles. The van der Waals surface area contributed by atoms with Gasteiger partial charge in [-0.15, -0.1) is 10.2 Å². The van der Waals surface area contributed by atoms with E-state index in [1.54, 1.807) is 7.11 Å². The van der Waals surface area contributed by atoms with Crippen molar-refractivity contribution in [2.75, 3.05) is 25.1 Å². The third-order valence-corrected chi connectivity index (χ3v) is 2.79. The molecular weight excluding hydrogens is 239 g/mol. The molecule has 0 spiro atoms. The molecule has 0 aromatic carbocycles. The SMILES string of the molecule is COC1CCN(c2nc(Cl)nnc2Cl)C1. The molecule has 2 heterocycles. The Morgan fingerprint density at radius 2 is 2.20 bits per heavy atom. The van der Waals surface area contributed by atoms with Crippen molar-refractivity contribution in [2.24, 2.45) is 0 Å². The predicted octanol–water partition coefficient (Wildman–Crippen LogP) is 1.40. The van der Waals surface area contributed by atoms with Crippen molar-refractivity contribution >= 4 is 29.0 Å². The monoisotopic (exact) mass is 248 g/mol. The number of ether oxygens (including phenoxy) is 1. The van der Waals surface area contributed by atoms with Crippen molar-refractivity contribution in [3.8, 4) is 0 Å². The Labute approximate surface area is 97.4 Å². The maximum Gasteiger partial charge on any atom is 0.245 e. The molecule has 0 N–H and O–H groups in total. The lowest BCUT2D eigenvalue weighted by molar-refractivity contribution is 0.121. The van der Waals surface area contributed by atoms with Crippen molar-refractivity contribution in [1.29, 1.82) is 0 Å². The van der Waals surface area contributed by atoms with E-state index in [4.69, 9.17) is 27.9 Å². The lowest BCUT2D eigenvalue weighted by Crippen LogP contribution is -2.24. The summed E-state index contributed by atoms with van der Waals surface area (Å²) in [7, 11) is 1.70. The molecule has 1 fully saturated rings. The Hall–Kier alpha value is -0.650. The largest absolute Gasteiger partial charge is 0.380 e. The normalized spacial score (nSPS) is 21.0. The van der Waals surface area contributed by atoms with Crippen LogP contribution in [0.3, 0.4) is 0 Å². The van der Waals surface area contributed by atoms with Gasteiger partial charge in [-0.05, 0) is 18.0 Å². The third-order valence-electron chi connectivity index (χ3n) is 2.38. The Morgan fingerprint density at radius 3 is 2.87 bits per heavy atom. The molecule has 1 aromatic rings. The zero-order valence-electron chi connectivity index (χ0n) is 8.15. The first kappa shape index (κ1) is 10.9. The van der Waals surface area contributed by atoms with E-state index in [-0.39, 0.29) is 16.5 Å². The van der Waals surface area contributed by atoms with Crippen LogP contribution in [0.5, 0.6) is 0 Å². The summed E-state index contributed by atoms with van der Waals surface area (Å²) in [6.45, 7) is 1.60. The van der Waals surface area contributed by atoms with Gasteiger partial charge in [0.15, 0.2) is 11.0 Å². The van der Waals surface area contributed by atoms with Gasteiger partial charge >= 0.3 is 0 Å². The second-order valence-electron chi connectivity index (χ2n) is 3.29. The predicted molar refractivity (Wildman–Crippen MR) is 57.5 cm³/mol. The fourth-order valence-corrected chi connectivity index (χ4v) is 1.92. The van der Waals surface area contributed by atoms with Gasteiger partial charge in [0.05, 0.1) is 6.10 Å². The minimum Gasteiger partial charge on any atom is -0.380 e. The standard InChI is InChI=1S/C8H10Cl2N4O/c1-15-5-2-3-14(4-5)7-6(9)12-13-8(10)11-7/h5H,2-4H2,1H3. The molecule has 1 atom stereocenters. The summed E-state index contributed by atoms with van der Waals surface area (Å²) < 4.78 is 5.25. The van der Waals surface area contributed by atoms with Gasteiger partial charge in [-0.2, -0.15) is 4.98 Å². The minimum absolute atomic E-state index is 0.107. The second-order valence-corrected chi connectivity index (χ2v) is 3.98. The lowest BCUT2D eigenvalue weighted by atomic mass is 10.3. The number of rotatable bonds is 2. The second kappa shape index (κ2) is 4.47. The summed E-state index contributed by atoms with van der Waals surface area (Å²) >= 11 is 11.6. The zero-order chi connectivity index (χ0) is 10.8. The van der Waals surface area contributed by atoms with Crippen LogP contribution in [0.15, 0.2) is 0 Å². The average Bonchev–Trinajstić information content (AvgIpc) is 2.70. The summed E-state index contributed by atoms with van der Waals surface area (Å²) in [5.41, 5.74) is 0. The number of methoxy groups -OCH3 is 1. The third kappa shape index (κ3) is 2.30. The molecule has 0 bridgehead atoms. The van der Waals surface area contributed by atoms with E-state index in [1.165, 1.54) is 0 Å². The fraction of sp³-hybridized carbons (Fsp3) is 0.625. The van der Waals surface area contributed by atoms with Crippen molar-refractivity contribution in [2.45, 2.75) is 12.5 Å². The summed E-state index contributed by atoms with van der Waals surface area (Å²) in [4.78, 5) is 6.05. The molecule has 1 saturated heterocycles. The molecule has 1 aromatic heterocycles. The van der Waals surface area contributed by atoms with Gasteiger partial charge in [0, 0.05) is 20.2 Å². The van der Waals surface area contributed by atoms with E-state index >= 15 is 0 Å². The number of halogens is 2. The van der Waals surface area contributed by atoms with Gasteiger partial charge < -0.3 is 9.64 Å². The van der Waals surface area contributed by atoms with Gasteiger partial charge in [-0.1, -0.05) is 11.6 Å². The highest BCUT2D eigenvalue weighted by molar-refractivity contribution is 6.32. The highest BCUT2D eigenvalue weighted by Crippen LogP contribution is 2.25. The molecule has 0 amide bonds. The van der Waals surface area contributed by atoms with Crippen LogP contribution in [0.1, 0.15) is 6.42 Å². The molecule has 15 heavy (non-hydrogen) atoms. The topological polar surface area (TPSA) is 51.1 Å². The molecule has 0 radical (unpaired) electrons. The number of nitrogens with zero attached hydrogens (tertiary/aromatic N) is 4. The van der Waals surface area contributed by atoms with Crippen molar-refractivity contribution in [1.82, 2.24) is 15.2 Å². The molecule has 1 unspecified atom stereocenters. The van der Waals surface area contributed by atoms with Crippen molar-refractivity contribution in [3.05, 3.63) is 10.4 Å². The van der Waals surface area contributed by atoms with Gasteiger partial charge in [0.1, 0.15) is 0 Å². The van der Waals surface area contributed by atoms with Gasteiger partial charge in [-0.3, -0.25) is 0 Å². The Balaban J connectivity index is 2.19. The summed E-state index contributed by atoms with van der Waals surface area (Å²) in [6, 6.07) is 0. The van der Waals surface area contributed by atoms with Crippen molar-refractivity contribution < 1.29 is 4.74 Å². The van der Waals surface area contributed by atoms with E-state index in [2.05, 4.69) is 15.2 Å². The molecule has 0 aliphatic carbocycles. The van der Waals surface area contributed by atoms with E-state index in [1.807, 2.05) is 4.90 Å². The number of hydrogen-bond donors (Lipinski definition) is 0. The average molecular weight is 249 g/mol. The van der Waals surface area contributed by atoms with E-state index in [0.717, 1.165) is 19.5 Å². The number of aromatic nitrogens is 3. The highest BCUT2D eigenvalue weighted by Gasteiger charge is 2.25. The molecular formula is C8H10Cl2N4O. The fourth-order valence-electron chi connectivity index (χ4n) is 1.60. The van der Waals surface area contributed by atoms with Crippen LogP contribution < -0.4 is 4.90 Å². The maximum atomic E-state index is 5.89. The van der Waals surface area contributed by atoms with Crippen molar-refractivity contribution in [3.63, 3.8) is 0 Å². The van der Waals surface area contributed by atoms with Crippen LogP contribution in [-0.4, -0.2) is 41.5 Å². The first-order valence-corrected chi connectivity index (χ1v) is 5.29. The Kier molecular flexibility index (Phi) is 3.23. The summed E-state index contributed by atoms with van der Waals surface area (Å²) in [6.07, 6.45) is 1.17. The van der Waals surface area contributed by atoms with Crippen LogP contribution in [0.4, 0.5) is 5.82 Å². The number of anilines is 1. The molecule has 1 aliphatic rings. The zero-order valence-corrected chi connectivity index (χ0v) is 9.66. The highest BCUT2D eigenvalue weighted by atomic mass is 35.5. The molecule has 2 rings (SSSR count). The minimum atomic E-state index is 0.107. The smallest absolute Gasteiger partial charge is 0.245 e. The first-order chi connectivity index (χ1) is 7.20. The lowest BCUT2D eigenvalue weighted by Gasteiger charge is -2.17. The quantitative estimate of drug-likeness (QED) is 0.793. The molecule has 1 aliphatic heterocycles. The van der Waals surface area contributed by atoms with Crippen LogP contribution in [0, 0.1) is 0 Å². The van der Waals surface area contributed by atoms with Gasteiger partial charge in [0.2, 0.25) is 5.28 Å². The number of hydrogen-bond acceptors (Lipinski definition) is 5. The molecule has 5 nitrogen and oxygen atoms in total. The summed E-state index contributed by atoms with van der Waals surface area (Å²) in [5, 5.41) is 7.66. The van der Waals surface area contributed by atoms with Crippen LogP contribution in [-0.2, 0) is 4.74 Å².